The van der Waals surface area contributed by atoms with E-state index in [0.717, 1.165) is 24.3 Å². The Morgan fingerprint density at radius 3 is 2.85 bits per heavy atom. The van der Waals surface area contributed by atoms with E-state index < -0.39 is 0 Å². The molecule has 0 spiro atoms. The average molecular weight is 293 g/mol. The van der Waals surface area contributed by atoms with Gasteiger partial charge in [0.05, 0.1) is 0 Å². The first-order chi connectivity index (χ1) is 9.27. The first kappa shape index (κ1) is 14.6. The molecule has 0 fully saturated rings. The van der Waals surface area contributed by atoms with Crippen LogP contribution >= 0.6 is 12.4 Å². The molecule has 0 aliphatic carbocycles. The minimum absolute atomic E-state index is 0. The Kier molecular flexibility index (Phi) is 4.42. The van der Waals surface area contributed by atoms with E-state index in [0.29, 0.717) is 12.2 Å². The van der Waals surface area contributed by atoms with Crippen LogP contribution in [-0.4, -0.2) is 28.8 Å². The third-order valence-electron chi connectivity index (χ3n) is 3.40. The van der Waals surface area contributed by atoms with Gasteiger partial charge in [-0.15, -0.1) is 12.4 Å². The van der Waals surface area contributed by atoms with E-state index in [1.807, 2.05) is 23.1 Å². The highest BCUT2D eigenvalue weighted by atomic mass is 35.5. The molecular formula is C14H17ClN4O. The van der Waals surface area contributed by atoms with Gasteiger partial charge in [0.15, 0.2) is 0 Å². The molecule has 3 rings (SSSR count). The second-order valence-electron chi connectivity index (χ2n) is 4.60. The van der Waals surface area contributed by atoms with Crippen LogP contribution in [0.3, 0.4) is 0 Å². The molecule has 1 aromatic carbocycles. The van der Waals surface area contributed by atoms with Gasteiger partial charge in [-0.05, 0) is 17.7 Å². The summed E-state index contributed by atoms with van der Waals surface area (Å²) in [6.45, 7) is 2.25. The van der Waals surface area contributed by atoms with E-state index in [1.165, 1.54) is 0 Å². The lowest BCUT2D eigenvalue weighted by molar-refractivity contribution is 0.0978. The fourth-order valence-corrected chi connectivity index (χ4v) is 2.39. The maximum absolute atomic E-state index is 12.6. The van der Waals surface area contributed by atoms with Crippen LogP contribution in [0, 0.1) is 0 Å². The number of carbonyl (C=O) groups is 1. The fraction of sp³-hybridized carbons (Fsp3) is 0.286. The molecule has 0 saturated carbocycles. The molecule has 1 aromatic heterocycles. The molecule has 1 aliphatic rings. The number of para-hydroxylation sites is 1. The second kappa shape index (κ2) is 6.07. The summed E-state index contributed by atoms with van der Waals surface area (Å²) in [4.78, 5) is 14.5. The van der Waals surface area contributed by atoms with E-state index in [1.54, 1.807) is 24.0 Å². The highest BCUT2D eigenvalue weighted by Gasteiger charge is 2.23. The van der Waals surface area contributed by atoms with E-state index in [4.69, 9.17) is 0 Å². The van der Waals surface area contributed by atoms with Gasteiger partial charge in [0.25, 0.3) is 5.91 Å². The first-order valence-corrected chi connectivity index (χ1v) is 6.36. The molecule has 0 bridgehead atoms. The van der Waals surface area contributed by atoms with Crippen molar-refractivity contribution in [3.8, 4) is 0 Å². The summed E-state index contributed by atoms with van der Waals surface area (Å²) in [5.41, 5.74) is 2.74. The van der Waals surface area contributed by atoms with Crippen molar-refractivity contribution in [2.45, 2.75) is 6.54 Å². The van der Waals surface area contributed by atoms with Crippen molar-refractivity contribution < 1.29 is 4.79 Å². The molecule has 0 unspecified atom stereocenters. The van der Waals surface area contributed by atoms with Crippen molar-refractivity contribution in [1.82, 2.24) is 15.1 Å². The number of fused-ring (bicyclic) bond motifs is 1. The summed E-state index contributed by atoms with van der Waals surface area (Å²) in [7, 11) is 1.79. The molecule has 20 heavy (non-hydrogen) atoms. The van der Waals surface area contributed by atoms with Gasteiger partial charge in [-0.2, -0.15) is 5.10 Å². The van der Waals surface area contributed by atoms with Gasteiger partial charge in [0, 0.05) is 38.6 Å². The smallest absolute Gasteiger partial charge is 0.276 e. The average Bonchev–Trinajstić information content (AvgIpc) is 2.74. The van der Waals surface area contributed by atoms with Gasteiger partial charge in [-0.1, -0.05) is 18.2 Å². The van der Waals surface area contributed by atoms with E-state index in [9.17, 15) is 4.79 Å². The zero-order chi connectivity index (χ0) is 13.2. The number of nitrogens with zero attached hydrogens (tertiary/aromatic N) is 3. The van der Waals surface area contributed by atoms with Crippen molar-refractivity contribution >= 4 is 24.0 Å². The third-order valence-corrected chi connectivity index (χ3v) is 3.40. The predicted molar refractivity (Wildman–Crippen MR) is 80.3 cm³/mol. The van der Waals surface area contributed by atoms with Gasteiger partial charge in [0.2, 0.25) is 0 Å². The second-order valence-corrected chi connectivity index (χ2v) is 4.60. The molecule has 0 radical (unpaired) electrons. The molecule has 1 amide bonds. The Morgan fingerprint density at radius 1 is 1.30 bits per heavy atom. The number of benzene rings is 1. The summed E-state index contributed by atoms with van der Waals surface area (Å²) in [6, 6.07) is 9.77. The molecule has 2 heterocycles. The lowest BCUT2D eigenvalue weighted by atomic mass is 10.1. The largest absolute Gasteiger partial charge is 0.311 e. The van der Waals surface area contributed by atoms with Gasteiger partial charge in [-0.3, -0.25) is 9.48 Å². The number of aryl methyl sites for hydroxylation is 1. The maximum Gasteiger partial charge on any atom is 0.276 e. The van der Waals surface area contributed by atoms with Crippen molar-refractivity contribution in [1.29, 1.82) is 0 Å². The number of anilines is 1. The van der Waals surface area contributed by atoms with Crippen molar-refractivity contribution in [3.05, 3.63) is 47.8 Å². The number of hydrogen-bond acceptors (Lipinski definition) is 3. The number of rotatable bonds is 1. The van der Waals surface area contributed by atoms with Gasteiger partial charge in [-0.25, -0.2) is 0 Å². The number of aromatic nitrogens is 2. The summed E-state index contributed by atoms with van der Waals surface area (Å²) in [6.07, 6.45) is 1.65. The third kappa shape index (κ3) is 2.55. The molecule has 106 valence electrons. The zero-order valence-electron chi connectivity index (χ0n) is 11.2. The highest BCUT2D eigenvalue weighted by molar-refractivity contribution is 6.05. The monoisotopic (exact) mass is 292 g/mol. The number of hydrogen-bond donors (Lipinski definition) is 1. The highest BCUT2D eigenvalue weighted by Crippen LogP contribution is 2.23. The lowest BCUT2D eigenvalue weighted by Gasteiger charge is -2.22. The summed E-state index contributed by atoms with van der Waals surface area (Å²) >= 11 is 0. The molecule has 0 saturated heterocycles. The minimum Gasteiger partial charge on any atom is -0.311 e. The Hall–Kier alpha value is -1.85. The van der Waals surface area contributed by atoms with Gasteiger partial charge < -0.3 is 10.2 Å². The molecule has 6 heteroatoms. The molecular weight excluding hydrogens is 276 g/mol. The molecule has 2 aromatic rings. The SMILES string of the molecule is Cl.Cn1nccc1C(=O)N1CCNCc2ccccc21. The molecule has 1 N–H and O–H groups in total. The minimum atomic E-state index is -0.00356. The van der Waals surface area contributed by atoms with Crippen LogP contribution in [0.5, 0.6) is 0 Å². The lowest BCUT2D eigenvalue weighted by Crippen LogP contribution is -2.35. The van der Waals surface area contributed by atoms with Gasteiger partial charge in [0.1, 0.15) is 5.69 Å². The van der Waals surface area contributed by atoms with E-state index in [2.05, 4.69) is 16.5 Å². The maximum atomic E-state index is 12.6. The van der Waals surface area contributed by atoms with Crippen LogP contribution in [0.4, 0.5) is 5.69 Å². The quantitative estimate of drug-likeness (QED) is 0.868. The summed E-state index contributed by atoms with van der Waals surface area (Å²) in [5.74, 6) is -0.00356. The number of amides is 1. The van der Waals surface area contributed by atoms with Crippen LogP contribution in [0.2, 0.25) is 0 Å². The molecule has 5 nitrogen and oxygen atoms in total. The Bertz CT molecular complexity index is 611. The van der Waals surface area contributed by atoms with Crippen LogP contribution in [0.15, 0.2) is 36.5 Å². The number of carbonyl (C=O) groups excluding carboxylic acids is 1. The Labute approximate surface area is 124 Å². The fourth-order valence-electron chi connectivity index (χ4n) is 2.39. The molecule has 1 aliphatic heterocycles. The predicted octanol–water partition coefficient (Wildman–Crippen LogP) is 1.59. The van der Waals surface area contributed by atoms with Crippen molar-refractivity contribution in [3.63, 3.8) is 0 Å². The standard InChI is InChI=1S/C14H16N4O.ClH/c1-17-13(6-7-16-17)14(19)18-9-8-15-10-11-4-2-3-5-12(11)18;/h2-7,15H,8-10H2,1H3;1H. The first-order valence-electron chi connectivity index (χ1n) is 6.36. The Balaban J connectivity index is 0.00000147. The van der Waals surface area contributed by atoms with Crippen molar-refractivity contribution in [2.75, 3.05) is 18.0 Å². The van der Waals surface area contributed by atoms with Crippen molar-refractivity contribution in [2.24, 2.45) is 7.05 Å². The Morgan fingerprint density at radius 2 is 2.10 bits per heavy atom. The van der Waals surface area contributed by atoms with Crippen LogP contribution in [0.1, 0.15) is 16.1 Å². The normalized spacial score (nSPS) is 14.2. The van der Waals surface area contributed by atoms with Crippen LogP contribution in [0.25, 0.3) is 0 Å². The van der Waals surface area contributed by atoms with Gasteiger partial charge >= 0.3 is 0 Å². The van der Waals surface area contributed by atoms with E-state index in [-0.39, 0.29) is 18.3 Å². The molecule has 0 atom stereocenters. The summed E-state index contributed by atoms with van der Waals surface area (Å²) < 4.78 is 1.61. The number of halogens is 1. The number of nitrogens with one attached hydrogen (secondary N) is 1. The van der Waals surface area contributed by atoms with Crippen LogP contribution < -0.4 is 10.2 Å². The zero-order valence-corrected chi connectivity index (χ0v) is 12.1. The van der Waals surface area contributed by atoms with Crippen LogP contribution in [-0.2, 0) is 13.6 Å². The summed E-state index contributed by atoms with van der Waals surface area (Å²) in [5, 5.41) is 7.40. The topological polar surface area (TPSA) is 50.2 Å². The van der Waals surface area contributed by atoms with E-state index >= 15 is 0 Å².